The van der Waals surface area contributed by atoms with Gasteiger partial charge >= 0.3 is 0 Å². The Morgan fingerprint density at radius 2 is 2.33 bits per heavy atom. The van der Waals surface area contributed by atoms with Crippen LogP contribution in [-0.2, 0) is 21.9 Å². The molecule has 3 heterocycles. The van der Waals surface area contributed by atoms with Crippen molar-refractivity contribution in [3.05, 3.63) is 18.0 Å². The molecule has 0 aromatic carbocycles. The molecular formula is C14H24N4O2S. The maximum absolute atomic E-state index is 11.7. The topological polar surface area (TPSA) is 67.2 Å². The molecule has 21 heavy (non-hydrogen) atoms. The molecule has 0 radical (unpaired) electrons. The molecule has 2 atom stereocenters. The van der Waals surface area contributed by atoms with Crippen molar-refractivity contribution in [2.75, 3.05) is 31.1 Å². The number of sulfone groups is 1. The number of aromatic nitrogens is 2. The van der Waals surface area contributed by atoms with Gasteiger partial charge in [-0.05, 0) is 20.3 Å². The highest BCUT2D eigenvalue weighted by Gasteiger charge is 2.40. The summed E-state index contributed by atoms with van der Waals surface area (Å²) in [4.78, 5) is 2.41. The van der Waals surface area contributed by atoms with Crippen molar-refractivity contribution in [2.24, 2.45) is 0 Å². The van der Waals surface area contributed by atoms with Gasteiger partial charge in [0.2, 0.25) is 0 Å². The second-order valence-corrected chi connectivity index (χ2v) is 8.91. The lowest BCUT2D eigenvalue weighted by atomic mass is 10.0. The highest BCUT2D eigenvalue weighted by molar-refractivity contribution is 7.91. The zero-order chi connectivity index (χ0) is 15.1. The number of piperazine rings is 1. The molecule has 2 aliphatic heterocycles. The molecule has 2 fully saturated rings. The summed E-state index contributed by atoms with van der Waals surface area (Å²) < 4.78 is 25.3. The van der Waals surface area contributed by atoms with E-state index in [1.54, 1.807) is 0 Å². The van der Waals surface area contributed by atoms with Crippen molar-refractivity contribution >= 4 is 9.84 Å². The van der Waals surface area contributed by atoms with Crippen LogP contribution in [0, 0.1) is 0 Å². The van der Waals surface area contributed by atoms with Crippen LogP contribution in [-0.4, -0.2) is 60.3 Å². The molecule has 0 bridgehead atoms. The van der Waals surface area contributed by atoms with E-state index in [0.29, 0.717) is 12.5 Å². The maximum atomic E-state index is 11.7. The van der Waals surface area contributed by atoms with Gasteiger partial charge in [0.1, 0.15) is 0 Å². The number of hydrogen-bond acceptors (Lipinski definition) is 5. The molecule has 6 nitrogen and oxygen atoms in total. The molecule has 0 spiro atoms. The second kappa shape index (κ2) is 5.37. The first kappa shape index (κ1) is 15.0. The van der Waals surface area contributed by atoms with Gasteiger partial charge < -0.3 is 5.32 Å². The Morgan fingerprint density at radius 3 is 3.00 bits per heavy atom. The number of rotatable bonds is 3. The third-order valence-corrected chi connectivity index (χ3v) is 6.42. The largest absolute Gasteiger partial charge is 0.312 e. The van der Waals surface area contributed by atoms with Crippen LogP contribution in [0.15, 0.2) is 12.4 Å². The van der Waals surface area contributed by atoms with E-state index in [9.17, 15) is 8.42 Å². The average Bonchev–Trinajstić information content (AvgIpc) is 2.95. The molecule has 0 saturated carbocycles. The zero-order valence-corrected chi connectivity index (χ0v) is 13.6. The minimum Gasteiger partial charge on any atom is -0.312 e. The Labute approximate surface area is 126 Å². The molecule has 2 aliphatic rings. The standard InChI is InChI=1S/C14H24N4O2S/c1-12-8-17(5-4-15-12)9-13-7-16-18(10-13)14(2)3-6-21(19,20)11-14/h7,10,12,15H,3-6,8-9,11H2,1-2H3/t12-,14?/m0/s1. The van der Waals surface area contributed by atoms with E-state index in [4.69, 9.17) is 0 Å². The first-order chi connectivity index (χ1) is 9.86. The first-order valence-corrected chi connectivity index (χ1v) is 9.39. The van der Waals surface area contributed by atoms with Gasteiger partial charge in [0, 0.05) is 44.0 Å². The van der Waals surface area contributed by atoms with E-state index in [0.717, 1.165) is 31.7 Å². The Hall–Kier alpha value is -0.920. The van der Waals surface area contributed by atoms with Crippen molar-refractivity contribution in [2.45, 2.75) is 38.4 Å². The van der Waals surface area contributed by atoms with E-state index < -0.39 is 9.84 Å². The van der Waals surface area contributed by atoms with E-state index >= 15 is 0 Å². The molecular weight excluding hydrogens is 288 g/mol. The van der Waals surface area contributed by atoms with E-state index in [2.05, 4.69) is 22.2 Å². The summed E-state index contributed by atoms with van der Waals surface area (Å²) in [6.07, 6.45) is 4.55. The van der Waals surface area contributed by atoms with Gasteiger partial charge in [0.25, 0.3) is 0 Å². The summed E-state index contributed by atoms with van der Waals surface area (Å²) in [5.74, 6) is 0.472. The minimum absolute atomic E-state index is 0.200. The van der Waals surface area contributed by atoms with Gasteiger partial charge in [-0.15, -0.1) is 0 Å². The SMILES string of the molecule is C[C@H]1CN(Cc2cnn(C3(C)CCS(=O)(=O)C3)c2)CCN1. The van der Waals surface area contributed by atoms with E-state index in [-0.39, 0.29) is 17.0 Å². The number of hydrogen-bond donors (Lipinski definition) is 1. The number of nitrogens with one attached hydrogen (secondary N) is 1. The molecule has 7 heteroatoms. The lowest BCUT2D eigenvalue weighted by molar-refractivity contribution is 0.199. The van der Waals surface area contributed by atoms with Crippen LogP contribution in [0.25, 0.3) is 0 Å². The first-order valence-electron chi connectivity index (χ1n) is 7.57. The van der Waals surface area contributed by atoms with Crippen molar-refractivity contribution in [1.29, 1.82) is 0 Å². The Morgan fingerprint density at radius 1 is 1.52 bits per heavy atom. The Bertz CT molecular complexity index is 612. The van der Waals surface area contributed by atoms with Crippen LogP contribution in [0.4, 0.5) is 0 Å². The number of nitrogens with zero attached hydrogens (tertiary/aromatic N) is 3. The van der Waals surface area contributed by atoms with Crippen LogP contribution in [0.2, 0.25) is 0 Å². The Kier molecular flexibility index (Phi) is 3.83. The lowest BCUT2D eigenvalue weighted by Gasteiger charge is -2.31. The van der Waals surface area contributed by atoms with Crippen molar-refractivity contribution < 1.29 is 8.42 Å². The van der Waals surface area contributed by atoms with Gasteiger partial charge in [0.05, 0.1) is 23.2 Å². The molecule has 1 unspecified atom stereocenters. The van der Waals surface area contributed by atoms with Crippen LogP contribution in [0.5, 0.6) is 0 Å². The fourth-order valence-corrected chi connectivity index (χ4v) is 5.44. The van der Waals surface area contributed by atoms with Crippen LogP contribution < -0.4 is 5.32 Å². The summed E-state index contributed by atoms with van der Waals surface area (Å²) in [6.45, 7) is 8.17. The van der Waals surface area contributed by atoms with Gasteiger partial charge in [-0.25, -0.2) is 8.42 Å². The Balaban J connectivity index is 1.69. The predicted octanol–water partition coefficient (Wildman–Crippen LogP) is 0.211. The fourth-order valence-electron chi connectivity index (χ4n) is 3.33. The van der Waals surface area contributed by atoms with Gasteiger partial charge in [-0.1, -0.05) is 0 Å². The molecule has 0 amide bonds. The van der Waals surface area contributed by atoms with Crippen molar-refractivity contribution in [3.63, 3.8) is 0 Å². The molecule has 0 aliphatic carbocycles. The predicted molar refractivity (Wildman–Crippen MR) is 81.9 cm³/mol. The van der Waals surface area contributed by atoms with Crippen LogP contribution in [0.3, 0.4) is 0 Å². The minimum atomic E-state index is -2.91. The lowest BCUT2D eigenvalue weighted by Crippen LogP contribution is -2.48. The summed E-state index contributed by atoms with van der Waals surface area (Å²) in [7, 11) is -2.91. The summed E-state index contributed by atoms with van der Waals surface area (Å²) in [5, 5.41) is 7.86. The molecule has 118 valence electrons. The summed E-state index contributed by atoms with van der Waals surface area (Å²) >= 11 is 0. The van der Waals surface area contributed by atoms with E-state index in [1.807, 2.05) is 24.0 Å². The normalized spacial score (nSPS) is 33.3. The van der Waals surface area contributed by atoms with Crippen molar-refractivity contribution in [1.82, 2.24) is 20.0 Å². The highest BCUT2D eigenvalue weighted by atomic mass is 32.2. The van der Waals surface area contributed by atoms with Gasteiger partial charge in [-0.2, -0.15) is 5.10 Å². The zero-order valence-electron chi connectivity index (χ0n) is 12.7. The molecule has 2 saturated heterocycles. The van der Waals surface area contributed by atoms with Crippen LogP contribution >= 0.6 is 0 Å². The van der Waals surface area contributed by atoms with Crippen LogP contribution in [0.1, 0.15) is 25.8 Å². The van der Waals surface area contributed by atoms with Crippen molar-refractivity contribution in [3.8, 4) is 0 Å². The van der Waals surface area contributed by atoms with Gasteiger partial charge in [-0.3, -0.25) is 9.58 Å². The maximum Gasteiger partial charge on any atom is 0.152 e. The summed E-state index contributed by atoms with van der Waals surface area (Å²) in [6, 6.07) is 0.520. The monoisotopic (exact) mass is 312 g/mol. The average molecular weight is 312 g/mol. The molecule has 1 aromatic heterocycles. The third-order valence-electron chi connectivity index (χ3n) is 4.53. The highest BCUT2D eigenvalue weighted by Crippen LogP contribution is 2.30. The molecule has 3 rings (SSSR count). The van der Waals surface area contributed by atoms with Gasteiger partial charge in [0.15, 0.2) is 9.84 Å². The summed E-state index contributed by atoms with van der Waals surface area (Å²) in [5.41, 5.74) is 0.781. The smallest absolute Gasteiger partial charge is 0.152 e. The second-order valence-electron chi connectivity index (χ2n) is 6.72. The van der Waals surface area contributed by atoms with E-state index in [1.165, 1.54) is 0 Å². The fraction of sp³-hybridized carbons (Fsp3) is 0.786. The quantitative estimate of drug-likeness (QED) is 0.864. The molecule has 1 aromatic rings. The molecule has 1 N–H and O–H groups in total. The third kappa shape index (κ3) is 3.30.